The summed E-state index contributed by atoms with van der Waals surface area (Å²) in [6.45, 7) is 5.02. The number of rotatable bonds is 16. The van der Waals surface area contributed by atoms with Crippen molar-refractivity contribution in [3.05, 3.63) is 72.3 Å². The summed E-state index contributed by atoms with van der Waals surface area (Å²) in [5.74, 6) is 3.66. The van der Waals surface area contributed by atoms with Gasteiger partial charge in [0.25, 0.3) is 0 Å². The summed E-state index contributed by atoms with van der Waals surface area (Å²) in [6.07, 6.45) is 5.08. The second-order valence-corrected chi connectivity index (χ2v) is 12.6. The zero-order valence-electron chi connectivity index (χ0n) is 26.9. The third-order valence-electron chi connectivity index (χ3n) is 8.92. The maximum atomic E-state index is 6.35. The Hall–Kier alpha value is -3.96. The van der Waals surface area contributed by atoms with Crippen LogP contribution >= 0.6 is 0 Å². The Morgan fingerprint density at radius 1 is 0.978 bits per heavy atom. The maximum Gasteiger partial charge on any atom is 0.165 e. The van der Waals surface area contributed by atoms with Crippen LogP contribution in [0.5, 0.6) is 5.75 Å². The van der Waals surface area contributed by atoms with Crippen LogP contribution in [0.3, 0.4) is 0 Å². The number of azo groups is 1. The minimum Gasteiger partial charge on any atom is -0.490 e. The number of hydrogen-bond acceptors (Lipinski definition) is 10. The van der Waals surface area contributed by atoms with Gasteiger partial charge >= 0.3 is 0 Å². The molecule has 1 aromatic heterocycles. The van der Waals surface area contributed by atoms with E-state index in [1.807, 2.05) is 48.5 Å². The minimum absolute atomic E-state index is 0.0444. The number of benzene rings is 3. The second-order valence-electron chi connectivity index (χ2n) is 12.6. The van der Waals surface area contributed by atoms with Crippen molar-refractivity contribution in [3.8, 4) is 17.1 Å². The number of methoxy groups -OCH3 is 1. The van der Waals surface area contributed by atoms with Gasteiger partial charge in [-0.3, -0.25) is 10.6 Å². The van der Waals surface area contributed by atoms with Crippen molar-refractivity contribution in [1.29, 1.82) is 0 Å². The van der Waals surface area contributed by atoms with Crippen LogP contribution in [0.1, 0.15) is 31.2 Å². The fourth-order valence-electron chi connectivity index (χ4n) is 5.74. The van der Waals surface area contributed by atoms with Crippen LogP contribution < -0.4 is 20.3 Å². The SMILES string of the molecule is CN=Nc1ccc(N(CC(NCC2CC2)OC)c2nc(-c3ccccc3OCC3OC3NCC3CC3)nc3ccccc23)cc1C. The number of para-hydroxylation sites is 2. The zero-order valence-corrected chi connectivity index (χ0v) is 26.9. The van der Waals surface area contributed by atoms with Gasteiger partial charge in [0.1, 0.15) is 36.7 Å². The second kappa shape index (κ2) is 13.8. The van der Waals surface area contributed by atoms with Crippen molar-refractivity contribution in [2.45, 2.75) is 51.2 Å². The molecule has 46 heavy (non-hydrogen) atoms. The maximum absolute atomic E-state index is 6.35. The van der Waals surface area contributed by atoms with E-state index in [1.54, 1.807) is 14.2 Å². The molecule has 3 aromatic carbocycles. The molecular formula is C36H43N7O3. The molecule has 7 rings (SSSR count). The number of anilines is 2. The molecule has 2 N–H and O–H groups in total. The van der Waals surface area contributed by atoms with Crippen LogP contribution in [0.15, 0.2) is 77.0 Å². The summed E-state index contributed by atoms with van der Waals surface area (Å²) in [5.41, 5.74) is 4.54. The van der Waals surface area contributed by atoms with Gasteiger partial charge in [0.05, 0.1) is 23.3 Å². The standard InChI is InChI=1S/C36H43N7O3/c1-23-18-26(16-17-29(23)42-37-2)43(21-33(44-3)38-19-24-12-13-24)35-27-8-4-6-10-30(27)40-34(41-35)28-9-5-7-11-31(28)45-22-32-36(46-32)39-20-25-14-15-25/h4-11,16-18,24-25,32-33,36,38-39H,12-15,19-22H2,1-3H3. The Morgan fingerprint density at radius 3 is 2.54 bits per heavy atom. The molecule has 3 atom stereocenters. The predicted molar refractivity (Wildman–Crippen MR) is 180 cm³/mol. The summed E-state index contributed by atoms with van der Waals surface area (Å²) < 4.78 is 18.2. The van der Waals surface area contributed by atoms with Crippen molar-refractivity contribution >= 4 is 28.1 Å². The first-order chi connectivity index (χ1) is 22.6. The highest BCUT2D eigenvalue weighted by Gasteiger charge is 2.40. The van der Waals surface area contributed by atoms with Gasteiger partial charge in [-0.1, -0.05) is 24.3 Å². The van der Waals surface area contributed by atoms with Gasteiger partial charge in [-0.15, -0.1) is 0 Å². The van der Waals surface area contributed by atoms with Crippen LogP contribution in [0.4, 0.5) is 17.2 Å². The molecular weight excluding hydrogens is 578 g/mol. The van der Waals surface area contributed by atoms with Crippen molar-refractivity contribution in [3.63, 3.8) is 0 Å². The minimum atomic E-state index is -0.205. The summed E-state index contributed by atoms with van der Waals surface area (Å²) in [7, 11) is 3.44. The molecule has 10 nitrogen and oxygen atoms in total. The lowest BCUT2D eigenvalue weighted by molar-refractivity contribution is 0.0799. The summed E-state index contributed by atoms with van der Waals surface area (Å²) >= 11 is 0. The van der Waals surface area contributed by atoms with E-state index < -0.39 is 0 Å². The first kappa shape index (κ1) is 30.7. The summed E-state index contributed by atoms with van der Waals surface area (Å²) in [4.78, 5) is 12.5. The van der Waals surface area contributed by atoms with E-state index in [0.29, 0.717) is 19.0 Å². The van der Waals surface area contributed by atoms with Crippen molar-refractivity contribution < 1.29 is 14.2 Å². The molecule has 10 heteroatoms. The van der Waals surface area contributed by atoms with Crippen LogP contribution in [0.25, 0.3) is 22.3 Å². The van der Waals surface area contributed by atoms with E-state index >= 15 is 0 Å². The van der Waals surface area contributed by atoms with Crippen LogP contribution in [0, 0.1) is 18.8 Å². The summed E-state index contributed by atoms with van der Waals surface area (Å²) in [6, 6.07) is 22.3. The van der Waals surface area contributed by atoms with Gasteiger partial charge in [-0.05, 0) is 92.5 Å². The molecule has 2 heterocycles. The highest BCUT2D eigenvalue weighted by atomic mass is 16.6. The third kappa shape index (κ3) is 7.36. The highest BCUT2D eigenvalue weighted by molar-refractivity contribution is 5.93. The molecule has 1 saturated heterocycles. The number of ether oxygens (including phenoxy) is 3. The predicted octanol–water partition coefficient (Wildman–Crippen LogP) is 6.53. The average Bonchev–Trinajstić information content (AvgIpc) is 3.95. The fourth-order valence-corrected chi connectivity index (χ4v) is 5.74. The van der Waals surface area contributed by atoms with Gasteiger partial charge in [0.15, 0.2) is 5.82 Å². The molecule has 2 aliphatic carbocycles. The Labute approximate surface area is 270 Å². The molecule has 1 aliphatic heterocycles. The molecule has 0 radical (unpaired) electrons. The Bertz CT molecular complexity index is 1690. The lowest BCUT2D eigenvalue weighted by Gasteiger charge is -2.30. The number of epoxide rings is 1. The Kier molecular flexibility index (Phi) is 9.21. The van der Waals surface area contributed by atoms with Crippen LogP contribution in [0.2, 0.25) is 0 Å². The smallest absolute Gasteiger partial charge is 0.165 e. The first-order valence-electron chi connectivity index (χ1n) is 16.4. The lowest BCUT2D eigenvalue weighted by atomic mass is 10.1. The number of fused-ring (bicyclic) bond motifs is 1. The van der Waals surface area contributed by atoms with Crippen LogP contribution in [-0.2, 0) is 9.47 Å². The quantitative estimate of drug-likeness (QED) is 0.0826. The molecule has 3 fully saturated rings. The van der Waals surface area contributed by atoms with Crippen molar-refractivity contribution in [1.82, 2.24) is 20.6 Å². The number of aromatic nitrogens is 2. The van der Waals surface area contributed by atoms with Gasteiger partial charge in [-0.2, -0.15) is 10.2 Å². The van der Waals surface area contributed by atoms with Gasteiger partial charge < -0.3 is 19.1 Å². The fraction of sp³-hybridized carbons (Fsp3) is 0.444. The number of nitrogens with one attached hydrogen (secondary N) is 2. The topological polar surface area (TPSA) is 109 Å². The molecule has 4 aromatic rings. The molecule has 2 saturated carbocycles. The lowest BCUT2D eigenvalue weighted by Crippen LogP contribution is -2.42. The Morgan fingerprint density at radius 2 is 1.76 bits per heavy atom. The molecule has 3 unspecified atom stereocenters. The average molecular weight is 622 g/mol. The normalized spacial score (nSPS) is 19.9. The molecule has 0 spiro atoms. The van der Waals surface area contributed by atoms with E-state index in [1.165, 1.54) is 25.7 Å². The van der Waals surface area contributed by atoms with Gasteiger partial charge in [0.2, 0.25) is 0 Å². The van der Waals surface area contributed by atoms with E-state index in [9.17, 15) is 0 Å². The highest BCUT2D eigenvalue weighted by Crippen LogP contribution is 2.37. The third-order valence-corrected chi connectivity index (χ3v) is 8.92. The number of aryl methyl sites for hydroxylation is 1. The first-order valence-corrected chi connectivity index (χ1v) is 16.4. The molecule has 0 bridgehead atoms. The molecule has 3 aliphatic rings. The number of hydrogen-bond donors (Lipinski definition) is 2. The van der Waals surface area contributed by atoms with E-state index in [0.717, 1.165) is 69.9 Å². The number of nitrogens with zero attached hydrogens (tertiary/aromatic N) is 5. The van der Waals surface area contributed by atoms with Gasteiger partial charge in [-0.25, -0.2) is 9.97 Å². The monoisotopic (exact) mass is 621 g/mol. The van der Waals surface area contributed by atoms with E-state index in [-0.39, 0.29) is 18.6 Å². The zero-order chi connectivity index (χ0) is 31.5. The molecule has 0 amide bonds. The molecule has 240 valence electrons. The Balaban J connectivity index is 1.23. The van der Waals surface area contributed by atoms with Gasteiger partial charge in [0, 0.05) is 38.3 Å². The van der Waals surface area contributed by atoms with E-state index in [2.05, 4.69) is 50.9 Å². The van der Waals surface area contributed by atoms with Crippen molar-refractivity contribution in [2.75, 3.05) is 45.3 Å². The largest absolute Gasteiger partial charge is 0.490 e. The van der Waals surface area contributed by atoms with Crippen LogP contribution in [-0.4, -0.2) is 68.9 Å². The summed E-state index contributed by atoms with van der Waals surface area (Å²) in [5, 5.41) is 16.4. The van der Waals surface area contributed by atoms with E-state index in [4.69, 9.17) is 24.2 Å². The van der Waals surface area contributed by atoms with Crippen molar-refractivity contribution in [2.24, 2.45) is 22.1 Å².